The monoisotopic (exact) mass is 503 g/mol. The number of benzene rings is 3. The highest BCUT2D eigenvalue weighted by Crippen LogP contribution is 2.16. The van der Waals surface area contributed by atoms with Gasteiger partial charge in [0.25, 0.3) is 0 Å². The average molecular weight is 503 g/mol. The van der Waals surface area contributed by atoms with Gasteiger partial charge >= 0.3 is 0 Å². The van der Waals surface area contributed by atoms with Crippen molar-refractivity contribution in [1.82, 2.24) is 0 Å². The lowest BCUT2D eigenvalue weighted by Crippen LogP contribution is -2.23. The van der Waals surface area contributed by atoms with Crippen LogP contribution in [0.2, 0.25) is 0 Å². The number of para-hydroxylation sites is 2. The molecule has 0 atom stereocenters. The van der Waals surface area contributed by atoms with E-state index < -0.39 is 0 Å². The predicted molar refractivity (Wildman–Crippen MR) is 129 cm³/mol. The molecule has 3 N–H and O–H groups in total. The number of nitrogens with two attached hydrogens (primary N) is 1. The van der Waals surface area contributed by atoms with E-state index in [1.165, 1.54) is 0 Å². The Labute approximate surface area is 189 Å². The zero-order valence-corrected chi connectivity index (χ0v) is 18.7. The number of hydrogen-bond acceptors (Lipinski definition) is 3. The smallest absolute Gasteiger partial charge is 0.193 e. The van der Waals surface area contributed by atoms with E-state index >= 15 is 0 Å². The van der Waals surface area contributed by atoms with Crippen LogP contribution < -0.4 is 15.8 Å². The standard InChI is InChI=1S/C23H25N3O2.HI/c1-27-17-20-7-5-6-10-22(20)26-23(24)25-15-18-11-13-19(14-12-18)16-28-21-8-3-2-4-9-21;/h2-14H,15-17H2,1H3,(H3,24,25,26);1H. The third-order valence-electron chi connectivity index (χ3n) is 4.18. The highest BCUT2D eigenvalue weighted by Gasteiger charge is 2.03. The molecule has 0 unspecified atom stereocenters. The summed E-state index contributed by atoms with van der Waals surface area (Å²) in [7, 11) is 1.67. The van der Waals surface area contributed by atoms with E-state index in [1.807, 2.05) is 78.9 Å². The summed E-state index contributed by atoms with van der Waals surface area (Å²) >= 11 is 0. The number of methoxy groups -OCH3 is 1. The summed E-state index contributed by atoms with van der Waals surface area (Å²) in [5.74, 6) is 1.24. The molecule has 0 aromatic heterocycles. The molecule has 0 amide bonds. The van der Waals surface area contributed by atoms with Crippen LogP contribution in [0.25, 0.3) is 0 Å². The molecule has 0 aliphatic rings. The zero-order valence-electron chi connectivity index (χ0n) is 16.4. The number of nitrogens with one attached hydrogen (secondary N) is 1. The van der Waals surface area contributed by atoms with Crippen LogP contribution >= 0.6 is 24.0 Å². The van der Waals surface area contributed by atoms with Gasteiger partial charge in [0.2, 0.25) is 0 Å². The topological polar surface area (TPSA) is 68.9 Å². The number of anilines is 1. The summed E-state index contributed by atoms with van der Waals surface area (Å²) in [6, 6.07) is 25.8. The first kappa shape index (κ1) is 22.7. The molecule has 0 fully saturated rings. The number of aliphatic imine (C=N–C) groups is 1. The molecule has 0 spiro atoms. The van der Waals surface area contributed by atoms with E-state index in [0.717, 1.165) is 28.1 Å². The first-order valence-corrected chi connectivity index (χ1v) is 9.14. The Morgan fingerprint density at radius 2 is 1.52 bits per heavy atom. The van der Waals surface area contributed by atoms with E-state index in [0.29, 0.717) is 25.7 Å². The summed E-state index contributed by atoms with van der Waals surface area (Å²) in [5.41, 5.74) is 10.2. The largest absolute Gasteiger partial charge is 0.489 e. The van der Waals surface area contributed by atoms with Crippen molar-refractivity contribution in [1.29, 1.82) is 0 Å². The van der Waals surface area contributed by atoms with Gasteiger partial charge in [0.15, 0.2) is 5.96 Å². The van der Waals surface area contributed by atoms with Crippen molar-refractivity contribution in [3.05, 3.63) is 95.6 Å². The first-order valence-electron chi connectivity index (χ1n) is 9.14. The lowest BCUT2D eigenvalue weighted by atomic mass is 10.1. The van der Waals surface area contributed by atoms with E-state index in [9.17, 15) is 0 Å². The van der Waals surface area contributed by atoms with Crippen LogP contribution in [-0.4, -0.2) is 13.1 Å². The highest BCUT2D eigenvalue weighted by atomic mass is 127. The van der Waals surface area contributed by atoms with Crippen molar-refractivity contribution in [3.63, 3.8) is 0 Å². The third kappa shape index (κ3) is 7.40. The summed E-state index contributed by atoms with van der Waals surface area (Å²) in [6.45, 7) is 1.56. The molecule has 0 saturated carbocycles. The van der Waals surface area contributed by atoms with Crippen LogP contribution in [0.5, 0.6) is 5.75 Å². The van der Waals surface area contributed by atoms with E-state index in [1.54, 1.807) is 7.11 Å². The summed E-state index contributed by atoms with van der Waals surface area (Å²) in [6.07, 6.45) is 0. The molecule has 0 radical (unpaired) electrons. The van der Waals surface area contributed by atoms with Gasteiger partial charge < -0.3 is 20.5 Å². The quantitative estimate of drug-likeness (QED) is 0.259. The van der Waals surface area contributed by atoms with Crippen LogP contribution in [-0.2, 0) is 24.5 Å². The molecule has 0 saturated heterocycles. The van der Waals surface area contributed by atoms with Gasteiger partial charge in [-0.05, 0) is 29.3 Å². The van der Waals surface area contributed by atoms with Gasteiger partial charge in [-0.2, -0.15) is 0 Å². The number of rotatable bonds is 8. The lowest BCUT2D eigenvalue weighted by molar-refractivity contribution is 0.185. The molecule has 0 heterocycles. The molecular weight excluding hydrogens is 477 g/mol. The van der Waals surface area contributed by atoms with Gasteiger partial charge in [0, 0.05) is 18.4 Å². The fraction of sp³-hybridized carbons (Fsp3) is 0.174. The normalized spacial score (nSPS) is 10.9. The maximum absolute atomic E-state index is 6.04. The molecule has 29 heavy (non-hydrogen) atoms. The number of ether oxygens (including phenoxy) is 2. The van der Waals surface area contributed by atoms with E-state index in [2.05, 4.69) is 10.3 Å². The molecular formula is C23H26IN3O2. The fourth-order valence-electron chi connectivity index (χ4n) is 2.70. The van der Waals surface area contributed by atoms with Crippen LogP contribution in [0.4, 0.5) is 5.69 Å². The third-order valence-corrected chi connectivity index (χ3v) is 4.18. The van der Waals surface area contributed by atoms with Crippen molar-refractivity contribution in [2.24, 2.45) is 10.7 Å². The SMILES string of the molecule is COCc1ccccc1NC(N)=NCc1ccc(COc2ccccc2)cc1.I. The van der Waals surface area contributed by atoms with Crippen LogP contribution in [0.15, 0.2) is 83.9 Å². The Bertz CT molecular complexity index is 900. The number of halogens is 1. The zero-order chi connectivity index (χ0) is 19.6. The molecule has 0 aliphatic heterocycles. The molecule has 0 aliphatic carbocycles. The number of guanidine groups is 1. The highest BCUT2D eigenvalue weighted by molar-refractivity contribution is 14.0. The minimum atomic E-state index is 0. The molecule has 0 bridgehead atoms. The van der Waals surface area contributed by atoms with Gasteiger partial charge in [0.05, 0.1) is 13.2 Å². The second-order valence-electron chi connectivity index (χ2n) is 6.33. The summed E-state index contributed by atoms with van der Waals surface area (Å²) in [4.78, 5) is 4.43. The second-order valence-corrected chi connectivity index (χ2v) is 6.33. The predicted octanol–water partition coefficient (Wildman–Crippen LogP) is 4.96. The van der Waals surface area contributed by atoms with Gasteiger partial charge in [-0.3, -0.25) is 0 Å². The van der Waals surface area contributed by atoms with Gasteiger partial charge in [-0.15, -0.1) is 24.0 Å². The molecule has 5 nitrogen and oxygen atoms in total. The minimum Gasteiger partial charge on any atom is -0.489 e. The Morgan fingerprint density at radius 1 is 0.862 bits per heavy atom. The fourth-order valence-corrected chi connectivity index (χ4v) is 2.70. The molecule has 3 aromatic carbocycles. The lowest BCUT2D eigenvalue weighted by Gasteiger charge is -2.11. The van der Waals surface area contributed by atoms with Gasteiger partial charge in [-0.25, -0.2) is 4.99 Å². The summed E-state index contributed by atoms with van der Waals surface area (Å²) < 4.78 is 11.0. The van der Waals surface area contributed by atoms with Crippen LogP contribution in [0.3, 0.4) is 0 Å². The number of nitrogens with zero attached hydrogens (tertiary/aromatic N) is 1. The van der Waals surface area contributed by atoms with E-state index in [4.69, 9.17) is 15.2 Å². The first-order chi connectivity index (χ1) is 13.7. The van der Waals surface area contributed by atoms with Gasteiger partial charge in [0.1, 0.15) is 12.4 Å². The average Bonchev–Trinajstić information content (AvgIpc) is 2.74. The van der Waals surface area contributed by atoms with Crippen molar-refractivity contribution < 1.29 is 9.47 Å². The van der Waals surface area contributed by atoms with Crippen LogP contribution in [0, 0.1) is 0 Å². The summed E-state index contributed by atoms with van der Waals surface area (Å²) in [5, 5.41) is 3.14. The number of hydrogen-bond donors (Lipinski definition) is 2. The van der Waals surface area contributed by atoms with E-state index in [-0.39, 0.29) is 24.0 Å². The second kappa shape index (κ2) is 12.1. The Morgan fingerprint density at radius 3 is 2.24 bits per heavy atom. The Hall–Kier alpha value is -2.58. The molecule has 6 heteroatoms. The minimum absolute atomic E-state index is 0. The van der Waals surface area contributed by atoms with Crippen LogP contribution in [0.1, 0.15) is 16.7 Å². The molecule has 3 aromatic rings. The van der Waals surface area contributed by atoms with Crippen molar-refractivity contribution in [2.45, 2.75) is 19.8 Å². The van der Waals surface area contributed by atoms with Crippen molar-refractivity contribution >= 4 is 35.6 Å². The van der Waals surface area contributed by atoms with Gasteiger partial charge in [-0.1, -0.05) is 60.7 Å². The molecule has 3 rings (SSSR count). The van der Waals surface area contributed by atoms with Crippen molar-refractivity contribution in [2.75, 3.05) is 12.4 Å². The molecule has 152 valence electrons. The van der Waals surface area contributed by atoms with Crippen molar-refractivity contribution in [3.8, 4) is 5.75 Å². The maximum Gasteiger partial charge on any atom is 0.193 e. The Balaban J connectivity index is 0.00000300. The maximum atomic E-state index is 6.04. The Kier molecular flexibility index (Phi) is 9.46.